The first-order chi connectivity index (χ1) is 16.8. The molecule has 2 aromatic carbocycles. The van der Waals surface area contributed by atoms with Crippen molar-refractivity contribution in [1.29, 1.82) is 0 Å². The number of likely N-dealkylation sites (tertiary alicyclic amines) is 1. The van der Waals surface area contributed by atoms with E-state index in [1.54, 1.807) is 17.0 Å². The van der Waals surface area contributed by atoms with Gasteiger partial charge in [0.25, 0.3) is 0 Å². The smallest absolute Gasteiger partial charge is 0.137 e. The summed E-state index contributed by atoms with van der Waals surface area (Å²) in [4.78, 5) is 12.9. The fourth-order valence-corrected chi connectivity index (χ4v) is 5.02. The number of benzene rings is 2. The summed E-state index contributed by atoms with van der Waals surface area (Å²) in [7, 11) is 0. The van der Waals surface area contributed by atoms with E-state index in [-0.39, 0.29) is 19.5 Å². The molecule has 2 heterocycles. The van der Waals surface area contributed by atoms with Crippen LogP contribution in [0.25, 0.3) is 0 Å². The molecule has 190 valence electrons. The van der Waals surface area contributed by atoms with Crippen molar-refractivity contribution >= 4 is 17.9 Å². The quantitative estimate of drug-likeness (QED) is 0.472. The Labute approximate surface area is 209 Å². The predicted octanol–water partition coefficient (Wildman–Crippen LogP) is 2.46. The van der Waals surface area contributed by atoms with Crippen LogP contribution in [-0.4, -0.2) is 82.8 Å². The highest BCUT2D eigenvalue weighted by atomic mass is 35.5. The minimum atomic E-state index is -1.47. The maximum atomic E-state index is 13.9. The standard InChI is InChI=1S/C26H31ClFNO6/c1-2-34-20-6-3-15(4-7-20)9-17-10-16(5-8-21(17)27)26-25(33)24(32)23(31)22(35-26)13-29-12-18(28)11-19(29)14-30/h3-8,10,14,18-19,22-26,31-33H,2,9,11-13H2,1H3/t18-,19-,22+,23+,24-,25+,26-/m0/s1. The number of halogens is 2. The molecule has 0 spiro atoms. The topological polar surface area (TPSA) is 99.5 Å². The van der Waals surface area contributed by atoms with Crippen LogP contribution in [0, 0.1) is 0 Å². The molecular weight excluding hydrogens is 477 g/mol. The number of aldehydes is 1. The zero-order valence-electron chi connectivity index (χ0n) is 19.5. The van der Waals surface area contributed by atoms with Gasteiger partial charge in [0.1, 0.15) is 42.6 Å². The monoisotopic (exact) mass is 507 g/mol. The maximum absolute atomic E-state index is 13.9. The predicted molar refractivity (Wildman–Crippen MR) is 128 cm³/mol. The lowest BCUT2D eigenvalue weighted by molar-refractivity contribution is -0.228. The SMILES string of the molecule is CCOc1ccc(Cc2cc([C@@H]3O[C@H](CN4C[C@@H](F)C[C@H]4C=O)[C@@H](O)[C@H](O)[C@H]3O)ccc2Cl)cc1. The van der Waals surface area contributed by atoms with Crippen molar-refractivity contribution in [2.24, 2.45) is 0 Å². The molecule has 0 aromatic heterocycles. The van der Waals surface area contributed by atoms with Crippen LogP contribution in [-0.2, 0) is 16.0 Å². The minimum absolute atomic E-state index is 0.0481. The Morgan fingerprint density at radius 3 is 2.57 bits per heavy atom. The van der Waals surface area contributed by atoms with Gasteiger partial charge in [-0.3, -0.25) is 4.90 Å². The van der Waals surface area contributed by atoms with Crippen LogP contribution in [0.1, 0.15) is 36.1 Å². The largest absolute Gasteiger partial charge is 0.494 e. The summed E-state index contributed by atoms with van der Waals surface area (Å²) in [5.74, 6) is 0.780. The third kappa shape index (κ3) is 5.85. The van der Waals surface area contributed by atoms with E-state index in [0.717, 1.165) is 16.9 Å². The third-order valence-corrected chi connectivity index (χ3v) is 7.08. The van der Waals surface area contributed by atoms with Crippen LogP contribution in [0.5, 0.6) is 5.75 Å². The lowest BCUT2D eigenvalue weighted by atomic mass is 9.89. The van der Waals surface area contributed by atoms with Gasteiger partial charge < -0.3 is 29.6 Å². The summed E-state index contributed by atoms with van der Waals surface area (Å²) >= 11 is 6.45. The molecule has 2 saturated heterocycles. The second-order valence-electron chi connectivity index (χ2n) is 9.16. The van der Waals surface area contributed by atoms with Crippen LogP contribution in [0.4, 0.5) is 4.39 Å². The number of carbonyl (C=O) groups is 1. The van der Waals surface area contributed by atoms with Gasteiger partial charge in [0.05, 0.1) is 18.8 Å². The van der Waals surface area contributed by atoms with E-state index in [0.29, 0.717) is 29.9 Å². The maximum Gasteiger partial charge on any atom is 0.137 e. The zero-order valence-corrected chi connectivity index (χ0v) is 20.2. The van der Waals surface area contributed by atoms with Crippen molar-refractivity contribution in [3.8, 4) is 5.75 Å². The highest BCUT2D eigenvalue weighted by molar-refractivity contribution is 6.31. The van der Waals surface area contributed by atoms with E-state index >= 15 is 0 Å². The molecule has 0 unspecified atom stereocenters. The Bertz CT molecular complexity index is 1010. The van der Waals surface area contributed by atoms with E-state index in [2.05, 4.69) is 0 Å². The molecule has 35 heavy (non-hydrogen) atoms. The van der Waals surface area contributed by atoms with Crippen LogP contribution < -0.4 is 4.74 Å². The van der Waals surface area contributed by atoms with Crippen molar-refractivity contribution in [3.05, 3.63) is 64.2 Å². The lowest BCUT2D eigenvalue weighted by Gasteiger charge is -2.42. The summed E-state index contributed by atoms with van der Waals surface area (Å²) in [6.45, 7) is 2.61. The first-order valence-corrected chi connectivity index (χ1v) is 12.2. The Kier molecular flexibility index (Phi) is 8.42. The van der Waals surface area contributed by atoms with Gasteiger partial charge in [0, 0.05) is 24.5 Å². The van der Waals surface area contributed by atoms with E-state index in [9.17, 15) is 24.5 Å². The summed E-state index contributed by atoms with van der Waals surface area (Å²) in [5.41, 5.74) is 2.42. The summed E-state index contributed by atoms with van der Waals surface area (Å²) in [6, 6.07) is 12.3. The molecule has 0 radical (unpaired) electrons. The van der Waals surface area contributed by atoms with Crippen molar-refractivity contribution in [2.75, 3.05) is 19.7 Å². The Balaban J connectivity index is 1.53. The summed E-state index contributed by atoms with van der Waals surface area (Å²) in [6.07, 6.45) is -5.93. The molecule has 2 fully saturated rings. The number of ether oxygens (including phenoxy) is 2. The van der Waals surface area contributed by atoms with Gasteiger partial charge in [0.2, 0.25) is 0 Å². The van der Waals surface area contributed by atoms with Crippen molar-refractivity contribution in [3.63, 3.8) is 0 Å². The average molecular weight is 508 g/mol. The van der Waals surface area contributed by atoms with Crippen LogP contribution in [0.3, 0.4) is 0 Å². The molecule has 3 N–H and O–H groups in total. The highest BCUT2D eigenvalue weighted by Crippen LogP contribution is 2.35. The summed E-state index contributed by atoms with van der Waals surface area (Å²) in [5, 5.41) is 32.3. The highest BCUT2D eigenvalue weighted by Gasteiger charge is 2.46. The Hall–Kier alpha value is -2.07. The minimum Gasteiger partial charge on any atom is -0.494 e. The number of nitrogens with zero attached hydrogens (tertiary/aromatic N) is 1. The first-order valence-electron chi connectivity index (χ1n) is 11.8. The van der Waals surface area contributed by atoms with Gasteiger partial charge >= 0.3 is 0 Å². The molecule has 4 rings (SSSR count). The molecular formula is C26H31ClFNO6. The van der Waals surface area contributed by atoms with Crippen molar-refractivity contribution in [2.45, 2.75) is 62.5 Å². The lowest BCUT2D eigenvalue weighted by Crippen LogP contribution is -2.57. The fraction of sp³-hybridized carbons (Fsp3) is 0.500. The van der Waals surface area contributed by atoms with Gasteiger partial charge in [-0.05, 0) is 48.2 Å². The van der Waals surface area contributed by atoms with E-state index < -0.39 is 42.7 Å². The van der Waals surface area contributed by atoms with E-state index in [1.807, 2.05) is 37.3 Å². The second kappa shape index (κ2) is 11.3. The molecule has 7 atom stereocenters. The van der Waals surface area contributed by atoms with Crippen LogP contribution in [0.2, 0.25) is 5.02 Å². The number of carbonyl (C=O) groups excluding carboxylic acids is 1. The molecule has 2 aliphatic rings. The van der Waals surface area contributed by atoms with Crippen LogP contribution in [0.15, 0.2) is 42.5 Å². The van der Waals surface area contributed by atoms with Crippen molar-refractivity contribution in [1.82, 2.24) is 4.90 Å². The Morgan fingerprint density at radius 2 is 1.89 bits per heavy atom. The number of hydrogen-bond donors (Lipinski definition) is 3. The molecule has 0 aliphatic carbocycles. The zero-order chi connectivity index (χ0) is 25.1. The molecule has 9 heteroatoms. The molecule has 0 bridgehead atoms. The molecule has 7 nitrogen and oxygen atoms in total. The van der Waals surface area contributed by atoms with Crippen molar-refractivity contribution < 1.29 is 34.0 Å². The summed E-state index contributed by atoms with van der Waals surface area (Å²) < 4.78 is 25.4. The number of alkyl halides is 1. The number of aliphatic hydroxyl groups is 3. The van der Waals surface area contributed by atoms with E-state index in [4.69, 9.17) is 21.1 Å². The second-order valence-corrected chi connectivity index (χ2v) is 9.57. The Morgan fingerprint density at radius 1 is 1.14 bits per heavy atom. The van der Waals surface area contributed by atoms with Crippen LogP contribution >= 0.6 is 11.6 Å². The number of aliphatic hydroxyl groups excluding tert-OH is 3. The van der Waals surface area contributed by atoms with E-state index in [1.165, 1.54) is 0 Å². The van der Waals surface area contributed by atoms with Gasteiger partial charge in [0.15, 0.2) is 0 Å². The number of hydrogen-bond acceptors (Lipinski definition) is 7. The fourth-order valence-electron chi connectivity index (χ4n) is 4.83. The molecule has 0 saturated carbocycles. The molecule has 2 aliphatic heterocycles. The normalized spacial score (nSPS) is 31.4. The van der Waals surface area contributed by atoms with Gasteiger partial charge in [-0.2, -0.15) is 0 Å². The third-order valence-electron chi connectivity index (χ3n) is 6.71. The average Bonchev–Trinajstić information content (AvgIpc) is 3.21. The molecule has 0 amide bonds. The van der Waals surface area contributed by atoms with Gasteiger partial charge in [-0.1, -0.05) is 35.9 Å². The van der Waals surface area contributed by atoms with Gasteiger partial charge in [-0.25, -0.2) is 4.39 Å². The first kappa shape index (κ1) is 26.0. The number of rotatable bonds is 8. The molecule has 2 aromatic rings. The van der Waals surface area contributed by atoms with Gasteiger partial charge in [-0.15, -0.1) is 0 Å².